The van der Waals surface area contributed by atoms with Crippen LogP contribution in [0.1, 0.15) is 5.56 Å². The molecule has 3 rings (SSSR count). The van der Waals surface area contributed by atoms with E-state index in [4.69, 9.17) is 27.9 Å². The molecule has 168 valence electrons. The third kappa shape index (κ3) is 8.08. The maximum absolute atomic E-state index is 12.4. The second kappa shape index (κ2) is 10.8. The minimum atomic E-state index is -4.35. The minimum Gasteiger partial charge on any atom is -0.374 e. The van der Waals surface area contributed by atoms with Gasteiger partial charge in [0.2, 0.25) is 0 Å². The zero-order valence-electron chi connectivity index (χ0n) is 16.2. The third-order valence-electron chi connectivity index (χ3n) is 4.45. The summed E-state index contributed by atoms with van der Waals surface area (Å²) in [4.78, 5) is 14.4. The Balaban J connectivity index is 1.43. The van der Waals surface area contributed by atoms with E-state index in [9.17, 15) is 18.0 Å². The Bertz CT molecular complexity index is 900. The van der Waals surface area contributed by atoms with E-state index in [-0.39, 0.29) is 22.8 Å². The van der Waals surface area contributed by atoms with Crippen molar-refractivity contribution in [3.05, 3.63) is 58.1 Å². The number of halogens is 5. The van der Waals surface area contributed by atoms with Crippen molar-refractivity contribution in [3.8, 4) is 0 Å². The number of benzene rings is 2. The van der Waals surface area contributed by atoms with Gasteiger partial charge in [0.25, 0.3) is 0 Å². The summed E-state index contributed by atoms with van der Waals surface area (Å²) in [5, 5.41) is 6.34. The molecule has 1 saturated heterocycles. The van der Waals surface area contributed by atoms with Gasteiger partial charge in [0.15, 0.2) is 0 Å². The van der Waals surface area contributed by atoms with Gasteiger partial charge in [-0.15, -0.1) is 0 Å². The van der Waals surface area contributed by atoms with Crippen LogP contribution >= 0.6 is 35.0 Å². The van der Waals surface area contributed by atoms with Crippen LogP contribution in [-0.2, 0) is 11.3 Å². The highest BCUT2D eigenvalue weighted by molar-refractivity contribution is 8.00. The van der Waals surface area contributed by atoms with Crippen LogP contribution in [0.2, 0.25) is 10.0 Å². The summed E-state index contributed by atoms with van der Waals surface area (Å²) < 4.78 is 42.8. The number of thioether (sulfide) groups is 1. The summed E-state index contributed by atoms with van der Waals surface area (Å²) in [6.07, 6.45) is -0.187. The maximum Gasteiger partial charge on any atom is 0.446 e. The van der Waals surface area contributed by atoms with Gasteiger partial charge in [-0.25, -0.2) is 4.79 Å². The lowest BCUT2D eigenvalue weighted by Gasteiger charge is -2.33. The highest BCUT2D eigenvalue weighted by Gasteiger charge is 2.29. The largest absolute Gasteiger partial charge is 0.446 e. The maximum atomic E-state index is 12.4. The van der Waals surface area contributed by atoms with Crippen molar-refractivity contribution >= 4 is 46.7 Å². The molecule has 2 aromatic carbocycles. The molecule has 2 N–H and O–H groups in total. The Hall–Kier alpha value is -1.65. The Morgan fingerprint density at radius 1 is 1.16 bits per heavy atom. The van der Waals surface area contributed by atoms with E-state index in [0.717, 1.165) is 12.1 Å². The highest BCUT2D eigenvalue weighted by atomic mass is 35.5. The second-order valence-electron chi connectivity index (χ2n) is 6.88. The lowest BCUT2D eigenvalue weighted by Crippen LogP contribution is -2.47. The lowest BCUT2D eigenvalue weighted by atomic mass is 10.2. The van der Waals surface area contributed by atoms with Crippen molar-refractivity contribution in [1.29, 1.82) is 0 Å². The number of alkyl halides is 3. The van der Waals surface area contributed by atoms with Gasteiger partial charge in [0, 0.05) is 36.8 Å². The van der Waals surface area contributed by atoms with Gasteiger partial charge >= 0.3 is 11.5 Å². The highest BCUT2D eigenvalue weighted by Crippen LogP contribution is 2.37. The van der Waals surface area contributed by atoms with Crippen LogP contribution in [0.5, 0.6) is 0 Å². The molecule has 1 fully saturated rings. The van der Waals surface area contributed by atoms with E-state index < -0.39 is 11.5 Å². The van der Waals surface area contributed by atoms with Crippen LogP contribution in [0.3, 0.4) is 0 Å². The molecule has 1 aliphatic rings. The molecule has 2 amide bonds. The fraction of sp³-hybridized carbons (Fsp3) is 0.350. The number of ether oxygens (including phenoxy) is 1. The first-order chi connectivity index (χ1) is 14.7. The molecule has 5 nitrogen and oxygen atoms in total. The topological polar surface area (TPSA) is 53.6 Å². The number of nitrogens with zero attached hydrogens (tertiary/aromatic N) is 1. The smallest absolute Gasteiger partial charge is 0.374 e. The number of carbonyl (C=O) groups is 1. The number of hydrogen-bond acceptors (Lipinski definition) is 4. The molecular weight excluding hydrogens is 474 g/mol. The molecule has 0 bridgehead atoms. The van der Waals surface area contributed by atoms with Crippen LogP contribution in [0.15, 0.2) is 47.4 Å². The molecule has 1 aliphatic heterocycles. The minimum absolute atomic E-state index is 0.0520. The predicted octanol–water partition coefficient (Wildman–Crippen LogP) is 5.63. The molecule has 1 heterocycles. The standard InChI is InChI=1S/C20H20Cl2F3N3O2S/c21-17-6-1-13(9-18(17)22)11-28-7-8-30-15(12-28)10-26-19(29)27-14-2-4-16(5-3-14)31-20(23,24)25/h1-6,9,15H,7-8,10-12H2,(H2,26,27,29). The molecule has 0 radical (unpaired) electrons. The number of carbonyl (C=O) groups excluding carboxylic acids is 1. The summed E-state index contributed by atoms with van der Waals surface area (Å²) in [5.74, 6) is 0. The van der Waals surface area contributed by atoms with Gasteiger partial charge < -0.3 is 15.4 Å². The second-order valence-corrected chi connectivity index (χ2v) is 8.84. The van der Waals surface area contributed by atoms with Gasteiger partial charge in [-0.2, -0.15) is 13.2 Å². The fourth-order valence-electron chi connectivity index (χ4n) is 3.07. The molecule has 31 heavy (non-hydrogen) atoms. The molecule has 0 spiro atoms. The van der Waals surface area contributed by atoms with Crippen molar-refractivity contribution < 1.29 is 22.7 Å². The SMILES string of the molecule is O=C(NCC1CN(Cc2ccc(Cl)c(Cl)c2)CCO1)Nc1ccc(SC(F)(F)F)cc1. The first-order valence-electron chi connectivity index (χ1n) is 9.36. The van der Waals surface area contributed by atoms with Gasteiger partial charge in [-0.05, 0) is 53.7 Å². The summed E-state index contributed by atoms with van der Waals surface area (Å²) in [7, 11) is 0. The molecular formula is C20H20Cl2F3N3O2S. The van der Waals surface area contributed by atoms with Crippen LogP contribution in [0.4, 0.5) is 23.7 Å². The summed E-state index contributed by atoms with van der Waals surface area (Å²) in [5.41, 5.74) is -2.91. The van der Waals surface area contributed by atoms with E-state index in [1.54, 1.807) is 6.07 Å². The van der Waals surface area contributed by atoms with Crippen molar-refractivity contribution in [2.24, 2.45) is 0 Å². The third-order valence-corrected chi connectivity index (χ3v) is 5.93. The van der Waals surface area contributed by atoms with Crippen LogP contribution in [0, 0.1) is 0 Å². The summed E-state index contributed by atoms with van der Waals surface area (Å²) in [6, 6.07) is 10.5. The zero-order valence-corrected chi connectivity index (χ0v) is 18.5. The van der Waals surface area contributed by atoms with E-state index in [1.807, 2.05) is 12.1 Å². The van der Waals surface area contributed by atoms with Crippen molar-refractivity contribution in [1.82, 2.24) is 10.2 Å². The molecule has 0 aromatic heterocycles. The zero-order chi connectivity index (χ0) is 22.4. The Morgan fingerprint density at radius 2 is 1.90 bits per heavy atom. The fourth-order valence-corrected chi connectivity index (χ4v) is 3.93. The number of rotatable bonds is 6. The number of urea groups is 1. The lowest BCUT2D eigenvalue weighted by molar-refractivity contribution is -0.0328. The van der Waals surface area contributed by atoms with Gasteiger partial charge in [0.05, 0.1) is 22.8 Å². The molecule has 2 aromatic rings. The molecule has 1 atom stereocenters. The average molecular weight is 494 g/mol. The first kappa shape index (κ1) is 24.0. The normalized spacial score (nSPS) is 17.4. The van der Waals surface area contributed by atoms with Crippen molar-refractivity contribution in [2.45, 2.75) is 23.1 Å². The Kier molecular flexibility index (Phi) is 8.35. The number of amides is 2. The van der Waals surface area contributed by atoms with E-state index in [1.165, 1.54) is 24.3 Å². The number of anilines is 1. The average Bonchev–Trinajstić information content (AvgIpc) is 2.70. The number of morpholine rings is 1. The molecule has 0 aliphatic carbocycles. The van der Waals surface area contributed by atoms with Crippen LogP contribution in [0.25, 0.3) is 0 Å². The molecule has 11 heteroatoms. The molecule has 1 unspecified atom stereocenters. The predicted molar refractivity (Wildman–Crippen MR) is 117 cm³/mol. The Morgan fingerprint density at radius 3 is 2.58 bits per heavy atom. The monoisotopic (exact) mass is 493 g/mol. The quantitative estimate of drug-likeness (QED) is 0.512. The van der Waals surface area contributed by atoms with Crippen LogP contribution < -0.4 is 10.6 Å². The van der Waals surface area contributed by atoms with Crippen molar-refractivity contribution in [2.75, 3.05) is 31.6 Å². The van der Waals surface area contributed by atoms with Gasteiger partial charge in [-0.1, -0.05) is 29.3 Å². The first-order valence-corrected chi connectivity index (χ1v) is 10.9. The van der Waals surface area contributed by atoms with Crippen molar-refractivity contribution in [3.63, 3.8) is 0 Å². The summed E-state index contributed by atoms with van der Waals surface area (Å²) >= 11 is 11.8. The molecule has 0 saturated carbocycles. The van der Waals surface area contributed by atoms with Crippen LogP contribution in [-0.4, -0.2) is 48.8 Å². The number of nitrogens with one attached hydrogen (secondary N) is 2. The Labute approximate surface area is 192 Å². The number of hydrogen-bond donors (Lipinski definition) is 2. The van der Waals surface area contributed by atoms with E-state index >= 15 is 0 Å². The van der Waals surface area contributed by atoms with Gasteiger partial charge in [0.1, 0.15) is 0 Å². The van der Waals surface area contributed by atoms with E-state index in [2.05, 4.69) is 15.5 Å². The van der Waals surface area contributed by atoms with Gasteiger partial charge in [-0.3, -0.25) is 4.90 Å². The summed E-state index contributed by atoms with van der Waals surface area (Å²) in [6.45, 7) is 2.90. The van der Waals surface area contributed by atoms with E-state index in [0.29, 0.717) is 42.0 Å².